The summed E-state index contributed by atoms with van der Waals surface area (Å²) in [6.45, 7) is 0.395. The minimum atomic E-state index is -0.0953. The second-order valence-corrected chi connectivity index (χ2v) is 3.60. The number of hydrogen-bond acceptors (Lipinski definition) is 3. The Morgan fingerprint density at radius 3 is 2.94 bits per heavy atom. The molecule has 0 radical (unpaired) electrons. The van der Waals surface area contributed by atoms with Gasteiger partial charge in [0.05, 0.1) is 7.11 Å². The zero-order valence-corrected chi connectivity index (χ0v) is 9.75. The summed E-state index contributed by atoms with van der Waals surface area (Å²) < 4.78 is 4.96. The molecule has 0 bridgehead atoms. The molecule has 0 aliphatic rings. The lowest BCUT2D eigenvalue weighted by atomic mass is 10.2. The lowest BCUT2D eigenvalue weighted by molar-refractivity contribution is -0.120. The molecule has 88 valence electrons. The monoisotopic (exact) mass is 243 g/mol. The van der Waals surface area contributed by atoms with E-state index >= 15 is 0 Å². The number of phenols is 1. The van der Waals surface area contributed by atoms with Gasteiger partial charge in [0.15, 0.2) is 11.5 Å². The van der Waals surface area contributed by atoms with Crippen LogP contribution in [0.3, 0.4) is 0 Å². The van der Waals surface area contributed by atoms with Gasteiger partial charge in [-0.1, -0.05) is 6.07 Å². The SMILES string of the molecule is COc1cc(CNC(=O)CCCl)ccc1O. The lowest BCUT2D eigenvalue weighted by Gasteiger charge is -2.07. The van der Waals surface area contributed by atoms with Crippen LogP contribution in [0.2, 0.25) is 0 Å². The molecular formula is C11H14ClNO3. The van der Waals surface area contributed by atoms with E-state index in [0.29, 0.717) is 24.6 Å². The quantitative estimate of drug-likeness (QED) is 0.773. The molecule has 1 aromatic rings. The Labute approximate surface area is 99.2 Å². The fourth-order valence-electron chi connectivity index (χ4n) is 1.21. The van der Waals surface area contributed by atoms with Crippen LogP contribution in [0.5, 0.6) is 11.5 Å². The fourth-order valence-corrected chi connectivity index (χ4v) is 1.38. The molecule has 0 aliphatic heterocycles. The van der Waals surface area contributed by atoms with Crippen molar-refractivity contribution in [2.75, 3.05) is 13.0 Å². The van der Waals surface area contributed by atoms with Crippen molar-refractivity contribution in [2.24, 2.45) is 0 Å². The van der Waals surface area contributed by atoms with Crippen LogP contribution in [0.15, 0.2) is 18.2 Å². The summed E-state index contributed by atoms with van der Waals surface area (Å²) in [5.41, 5.74) is 0.859. The lowest BCUT2D eigenvalue weighted by Crippen LogP contribution is -2.22. The molecule has 0 fully saturated rings. The van der Waals surface area contributed by atoms with Crippen LogP contribution < -0.4 is 10.1 Å². The molecule has 0 atom stereocenters. The average Bonchev–Trinajstić information content (AvgIpc) is 2.28. The maximum atomic E-state index is 11.2. The number of ether oxygens (including phenoxy) is 1. The van der Waals surface area contributed by atoms with Crippen molar-refractivity contribution in [3.05, 3.63) is 23.8 Å². The van der Waals surface area contributed by atoms with Gasteiger partial charge in [-0.25, -0.2) is 0 Å². The number of hydrogen-bond donors (Lipinski definition) is 2. The van der Waals surface area contributed by atoms with E-state index in [1.54, 1.807) is 12.1 Å². The number of halogens is 1. The van der Waals surface area contributed by atoms with Crippen molar-refractivity contribution < 1.29 is 14.6 Å². The number of alkyl halides is 1. The molecule has 16 heavy (non-hydrogen) atoms. The number of carbonyl (C=O) groups excluding carboxylic acids is 1. The van der Waals surface area contributed by atoms with Crippen LogP contribution in [0.25, 0.3) is 0 Å². The summed E-state index contributed by atoms with van der Waals surface area (Å²) in [6, 6.07) is 4.93. The van der Waals surface area contributed by atoms with E-state index in [0.717, 1.165) is 5.56 Å². The molecule has 2 N–H and O–H groups in total. The topological polar surface area (TPSA) is 58.6 Å². The van der Waals surface area contributed by atoms with Gasteiger partial charge in [-0.3, -0.25) is 4.79 Å². The van der Waals surface area contributed by atoms with Gasteiger partial charge < -0.3 is 15.2 Å². The first kappa shape index (κ1) is 12.6. The van der Waals surface area contributed by atoms with Gasteiger partial charge in [0.1, 0.15) is 0 Å². The van der Waals surface area contributed by atoms with E-state index in [1.165, 1.54) is 13.2 Å². The van der Waals surface area contributed by atoms with E-state index < -0.39 is 0 Å². The predicted molar refractivity (Wildman–Crippen MR) is 61.8 cm³/mol. The van der Waals surface area contributed by atoms with Crippen LogP contribution in [0.1, 0.15) is 12.0 Å². The van der Waals surface area contributed by atoms with Gasteiger partial charge in [0, 0.05) is 18.8 Å². The van der Waals surface area contributed by atoms with Gasteiger partial charge in [0.25, 0.3) is 0 Å². The highest BCUT2D eigenvalue weighted by Gasteiger charge is 2.04. The average molecular weight is 244 g/mol. The van der Waals surface area contributed by atoms with Crippen molar-refractivity contribution in [1.82, 2.24) is 5.32 Å². The van der Waals surface area contributed by atoms with Crippen molar-refractivity contribution in [3.8, 4) is 11.5 Å². The maximum Gasteiger partial charge on any atom is 0.221 e. The van der Waals surface area contributed by atoms with Crippen molar-refractivity contribution in [3.63, 3.8) is 0 Å². The Morgan fingerprint density at radius 1 is 1.56 bits per heavy atom. The highest BCUT2D eigenvalue weighted by atomic mass is 35.5. The second-order valence-electron chi connectivity index (χ2n) is 3.22. The first-order valence-electron chi connectivity index (χ1n) is 4.86. The van der Waals surface area contributed by atoms with Crippen LogP contribution in [-0.2, 0) is 11.3 Å². The number of methoxy groups -OCH3 is 1. The van der Waals surface area contributed by atoms with Crippen LogP contribution in [0.4, 0.5) is 0 Å². The minimum Gasteiger partial charge on any atom is -0.504 e. The number of aromatic hydroxyl groups is 1. The Bertz CT molecular complexity index is 368. The summed E-state index contributed by atoms with van der Waals surface area (Å²) in [6.07, 6.45) is 0.302. The highest BCUT2D eigenvalue weighted by molar-refractivity contribution is 6.18. The maximum absolute atomic E-state index is 11.2. The normalized spacial score (nSPS) is 9.88. The van der Waals surface area contributed by atoms with Gasteiger partial charge in [0.2, 0.25) is 5.91 Å². The third-order valence-electron chi connectivity index (χ3n) is 2.06. The Kier molecular flexibility index (Phi) is 4.92. The molecule has 1 amide bonds. The first-order valence-corrected chi connectivity index (χ1v) is 5.39. The van der Waals surface area contributed by atoms with E-state index in [-0.39, 0.29) is 11.7 Å². The molecule has 0 aromatic heterocycles. The molecule has 5 heteroatoms. The van der Waals surface area contributed by atoms with Gasteiger partial charge >= 0.3 is 0 Å². The largest absolute Gasteiger partial charge is 0.504 e. The third-order valence-corrected chi connectivity index (χ3v) is 2.24. The van der Waals surface area contributed by atoms with Crippen LogP contribution in [-0.4, -0.2) is 24.0 Å². The number of nitrogens with one attached hydrogen (secondary N) is 1. The number of carbonyl (C=O) groups is 1. The molecule has 0 saturated carbocycles. The summed E-state index contributed by atoms with van der Waals surface area (Å²) >= 11 is 5.43. The number of amides is 1. The van der Waals surface area contributed by atoms with E-state index in [4.69, 9.17) is 16.3 Å². The molecule has 0 heterocycles. The summed E-state index contributed by atoms with van der Waals surface area (Å²) in [7, 11) is 1.48. The molecule has 1 rings (SSSR count). The molecule has 0 unspecified atom stereocenters. The molecule has 0 aliphatic carbocycles. The highest BCUT2D eigenvalue weighted by Crippen LogP contribution is 2.26. The molecular weight excluding hydrogens is 230 g/mol. The van der Waals surface area contributed by atoms with Crippen molar-refractivity contribution in [2.45, 2.75) is 13.0 Å². The van der Waals surface area contributed by atoms with Gasteiger partial charge in [-0.15, -0.1) is 11.6 Å². The van der Waals surface area contributed by atoms with Crippen molar-refractivity contribution in [1.29, 1.82) is 0 Å². The van der Waals surface area contributed by atoms with E-state index in [9.17, 15) is 9.90 Å². The summed E-state index contributed by atoms with van der Waals surface area (Å²) in [5.74, 6) is 0.689. The number of rotatable bonds is 5. The third kappa shape index (κ3) is 3.62. The Hall–Kier alpha value is -1.42. The van der Waals surface area contributed by atoms with Crippen LogP contribution in [0, 0.1) is 0 Å². The molecule has 1 aromatic carbocycles. The number of phenolic OH excluding ortho intramolecular Hbond substituents is 1. The smallest absolute Gasteiger partial charge is 0.221 e. The minimum absolute atomic E-state index is 0.0818. The second kappa shape index (κ2) is 6.23. The standard InChI is InChI=1S/C11H14ClNO3/c1-16-10-6-8(2-3-9(10)14)7-13-11(15)4-5-12/h2-3,6,14H,4-5,7H2,1H3,(H,13,15). The Morgan fingerprint density at radius 2 is 2.31 bits per heavy atom. The van der Waals surface area contributed by atoms with Crippen LogP contribution >= 0.6 is 11.6 Å². The summed E-state index contributed by atoms with van der Waals surface area (Å²) in [4.78, 5) is 11.2. The molecule has 0 saturated heterocycles. The van der Waals surface area contributed by atoms with E-state index in [1.807, 2.05) is 0 Å². The fraction of sp³-hybridized carbons (Fsp3) is 0.364. The molecule has 4 nitrogen and oxygen atoms in total. The van der Waals surface area contributed by atoms with E-state index in [2.05, 4.69) is 5.32 Å². The van der Waals surface area contributed by atoms with Gasteiger partial charge in [-0.05, 0) is 17.7 Å². The Balaban J connectivity index is 2.57. The predicted octanol–water partition coefficient (Wildman–Crippen LogP) is 1.65. The molecule has 0 spiro atoms. The summed E-state index contributed by atoms with van der Waals surface area (Å²) in [5, 5.41) is 12.1. The van der Waals surface area contributed by atoms with Gasteiger partial charge in [-0.2, -0.15) is 0 Å². The zero-order chi connectivity index (χ0) is 12.0. The first-order chi connectivity index (χ1) is 7.67. The van der Waals surface area contributed by atoms with Crippen molar-refractivity contribution >= 4 is 17.5 Å². The zero-order valence-electron chi connectivity index (χ0n) is 9.00. The number of benzene rings is 1.